The van der Waals surface area contributed by atoms with Gasteiger partial charge in [-0.15, -0.1) is 0 Å². The maximum Gasteiger partial charge on any atom is 0.228 e. The number of H-pyrrole nitrogens is 1. The molecule has 2 heterocycles. The van der Waals surface area contributed by atoms with Crippen LogP contribution in [0.2, 0.25) is 0 Å². The molecule has 26 heavy (non-hydrogen) atoms. The predicted molar refractivity (Wildman–Crippen MR) is 97.0 cm³/mol. The molecule has 1 aromatic carbocycles. The van der Waals surface area contributed by atoms with Gasteiger partial charge in [0.25, 0.3) is 0 Å². The van der Waals surface area contributed by atoms with Crippen molar-refractivity contribution in [1.29, 1.82) is 0 Å². The Bertz CT molecular complexity index is 728. The van der Waals surface area contributed by atoms with Crippen molar-refractivity contribution >= 4 is 11.8 Å². The number of rotatable bonds is 5. The van der Waals surface area contributed by atoms with Gasteiger partial charge in [0.15, 0.2) is 0 Å². The van der Waals surface area contributed by atoms with E-state index in [0.717, 1.165) is 17.7 Å². The number of amides is 2. The van der Waals surface area contributed by atoms with Crippen LogP contribution in [0.15, 0.2) is 42.6 Å². The van der Waals surface area contributed by atoms with Crippen LogP contribution in [0.1, 0.15) is 24.1 Å². The lowest BCUT2D eigenvalue weighted by atomic mass is 10.1. The van der Waals surface area contributed by atoms with Crippen LogP contribution >= 0.6 is 0 Å². The SMILES string of the molecule is O=C(CCc1ccc(F)cc1)N1CCCN(C(=O)Cc2ccc[nH]2)CC1. The average Bonchev–Trinajstić information content (AvgIpc) is 3.02. The van der Waals surface area contributed by atoms with E-state index in [9.17, 15) is 14.0 Å². The number of halogens is 1. The van der Waals surface area contributed by atoms with Crippen LogP contribution in [0.3, 0.4) is 0 Å². The fraction of sp³-hybridized carbons (Fsp3) is 0.400. The maximum absolute atomic E-state index is 12.9. The zero-order valence-electron chi connectivity index (χ0n) is 14.8. The molecule has 138 valence electrons. The number of aryl methyl sites for hydroxylation is 1. The molecule has 0 aliphatic carbocycles. The maximum atomic E-state index is 12.9. The third-order valence-corrected chi connectivity index (χ3v) is 4.75. The van der Waals surface area contributed by atoms with Gasteiger partial charge in [0.05, 0.1) is 6.42 Å². The highest BCUT2D eigenvalue weighted by Crippen LogP contribution is 2.10. The molecule has 1 aliphatic rings. The summed E-state index contributed by atoms with van der Waals surface area (Å²) in [6.07, 6.45) is 3.98. The Balaban J connectivity index is 1.47. The molecule has 6 heteroatoms. The average molecular weight is 357 g/mol. The third-order valence-electron chi connectivity index (χ3n) is 4.75. The molecule has 1 saturated heterocycles. The fourth-order valence-corrected chi connectivity index (χ4v) is 3.23. The predicted octanol–water partition coefficient (Wildman–Crippen LogP) is 2.39. The Hall–Kier alpha value is -2.63. The highest BCUT2D eigenvalue weighted by molar-refractivity contribution is 5.79. The lowest BCUT2D eigenvalue weighted by Crippen LogP contribution is -2.38. The van der Waals surface area contributed by atoms with E-state index in [2.05, 4.69) is 4.98 Å². The van der Waals surface area contributed by atoms with Gasteiger partial charge in [-0.05, 0) is 42.7 Å². The van der Waals surface area contributed by atoms with Gasteiger partial charge in [-0.1, -0.05) is 12.1 Å². The highest BCUT2D eigenvalue weighted by Gasteiger charge is 2.22. The van der Waals surface area contributed by atoms with Gasteiger partial charge in [-0.2, -0.15) is 0 Å². The van der Waals surface area contributed by atoms with E-state index in [1.165, 1.54) is 12.1 Å². The Morgan fingerprint density at radius 1 is 0.962 bits per heavy atom. The largest absolute Gasteiger partial charge is 0.365 e. The van der Waals surface area contributed by atoms with E-state index in [-0.39, 0.29) is 17.6 Å². The van der Waals surface area contributed by atoms with Crippen LogP contribution in [0.4, 0.5) is 4.39 Å². The summed E-state index contributed by atoms with van der Waals surface area (Å²) in [7, 11) is 0. The summed E-state index contributed by atoms with van der Waals surface area (Å²) < 4.78 is 12.9. The molecule has 5 nitrogen and oxygen atoms in total. The van der Waals surface area contributed by atoms with Crippen LogP contribution < -0.4 is 0 Å². The van der Waals surface area contributed by atoms with E-state index >= 15 is 0 Å². The molecule has 2 aromatic rings. The molecule has 2 amide bonds. The second-order valence-electron chi connectivity index (χ2n) is 6.61. The number of aromatic nitrogens is 1. The summed E-state index contributed by atoms with van der Waals surface area (Å²) in [6, 6.07) is 10.0. The van der Waals surface area contributed by atoms with Gasteiger partial charge in [0.1, 0.15) is 5.82 Å². The summed E-state index contributed by atoms with van der Waals surface area (Å²) in [5, 5.41) is 0. The molecule has 3 rings (SSSR count). The van der Waals surface area contributed by atoms with Gasteiger partial charge in [-0.25, -0.2) is 4.39 Å². The standard InChI is InChI=1S/C20H24FN3O2/c21-17-7-4-16(5-8-17)6-9-19(25)23-11-2-12-24(14-13-23)20(26)15-18-3-1-10-22-18/h1,3-5,7-8,10,22H,2,6,9,11-15H2. The molecular weight excluding hydrogens is 333 g/mol. The van der Waals surface area contributed by atoms with E-state index in [1.807, 2.05) is 28.1 Å². The lowest BCUT2D eigenvalue weighted by molar-refractivity contribution is -0.133. The van der Waals surface area contributed by atoms with E-state index in [1.54, 1.807) is 12.1 Å². The molecule has 1 fully saturated rings. The van der Waals surface area contributed by atoms with Crippen molar-refractivity contribution in [2.24, 2.45) is 0 Å². The first-order valence-electron chi connectivity index (χ1n) is 9.04. The van der Waals surface area contributed by atoms with Crippen LogP contribution in [0.25, 0.3) is 0 Å². The normalized spacial score (nSPS) is 15.0. The molecule has 0 unspecified atom stereocenters. The van der Waals surface area contributed by atoms with Crippen LogP contribution in [-0.4, -0.2) is 52.8 Å². The topological polar surface area (TPSA) is 56.4 Å². The second-order valence-corrected chi connectivity index (χ2v) is 6.61. The van der Waals surface area contributed by atoms with E-state index in [4.69, 9.17) is 0 Å². The molecule has 0 atom stereocenters. The van der Waals surface area contributed by atoms with Crippen LogP contribution in [0.5, 0.6) is 0 Å². The minimum atomic E-state index is -0.267. The highest BCUT2D eigenvalue weighted by atomic mass is 19.1. The second kappa shape index (κ2) is 8.65. The summed E-state index contributed by atoms with van der Waals surface area (Å²) in [4.78, 5) is 31.6. The number of nitrogens with zero attached hydrogens (tertiary/aromatic N) is 2. The van der Waals surface area contributed by atoms with Crippen molar-refractivity contribution in [3.63, 3.8) is 0 Å². The van der Waals surface area contributed by atoms with Crippen LogP contribution in [-0.2, 0) is 22.4 Å². The number of carbonyl (C=O) groups excluding carboxylic acids is 2. The van der Waals surface area contributed by atoms with Crippen LogP contribution in [0, 0.1) is 5.82 Å². The zero-order valence-corrected chi connectivity index (χ0v) is 14.8. The first-order chi connectivity index (χ1) is 12.6. The first-order valence-corrected chi connectivity index (χ1v) is 9.04. The Morgan fingerprint density at radius 2 is 1.65 bits per heavy atom. The van der Waals surface area contributed by atoms with Gasteiger partial charge in [0, 0.05) is 44.5 Å². The molecule has 1 N–H and O–H groups in total. The first kappa shape index (κ1) is 18.2. The minimum Gasteiger partial charge on any atom is -0.365 e. The quantitative estimate of drug-likeness (QED) is 0.893. The van der Waals surface area contributed by atoms with E-state index < -0.39 is 0 Å². The molecule has 0 spiro atoms. The summed E-state index contributed by atoms with van der Waals surface area (Å²) in [6.45, 7) is 2.50. The summed E-state index contributed by atoms with van der Waals surface area (Å²) in [5.74, 6) is -0.0854. The smallest absolute Gasteiger partial charge is 0.228 e. The Labute approximate surface area is 152 Å². The lowest BCUT2D eigenvalue weighted by Gasteiger charge is -2.22. The number of hydrogen-bond donors (Lipinski definition) is 1. The van der Waals surface area contributed by atoms with Crippen molar-refractivity contribution in [1.82, 2.24) is 14.8 Å². The molecular formula is C20H24FN3O2. The molecule has 0 bridgehead atoms. The summed E-state index contributed by atoms with van der Waals surface area (Å²) >= 11 is 0. The Kier molecular flexibility index (Phi) is 6.04. The summed E-state index contributed by atoms with van der Waals surface area (Å²) in [5.41, 5.74) is 1.86. The van der Waals surface area contributed by atoms with E-state index in [0.29, 0.717) is 45.4 Å². The fourth-order valence-electron chi connectivity index (χ4n) is 3.23. The monoisotopic (exact) mass is 357 g/mol. The van der Waals surface area contributed by atoms with Gasteiger partial charge >= 0.3 is 0 Å². The molecule has 1 aromatic heterocycles. The number of nitrogens with one attached hydrogen (secondary N) is 1. The number of hydrogen-bond acceptors (Lipinski definition) is 2. The zero-order chi connectivity index (χ0) is 18.4. The number of aromatic amines is 1. The van der Waals surface area contributed by atoms with Gasteiger partial charge < -0.3 is 14.8 Å². The molecule has 0 radical (unpaired) electrons. The van der Waals surface area contributed by atoms with Crippen molar-refractivity contribution < 1.29 is 14.0 Å². The molecule has 0 saturated carbocycles. The van der Waals surface area contributed by atoms with Crippen molar-refractivity contribution in [2.75, 3.05) is 26.2 Å². The van der Waals surface area contributed by atoms with Gasteiger partial charge in [0.2, 0.25) is 11.8 Å². The van der Waals surface area contributed by atoms with Gasteiger partial charge in [-0.3, -0.25) is 9.59 Å². The number of carbonyl (C=O) groups is 2. The van der Waals surface area contributed by atoms with Crippen molar-refractivity contribution in [2.45, 2.75) is 25.7 Å². The third kappa shape index (κ3) is 4.94. The molecule has 1 aliphatic heterocycles. The minimum absolute atomic E-state index is 0.0907. The Morgan fingerprint density at radius 3 is 2.31 bits per heavy atom. The van der Waals surface area contributed by atoms with Crippen molar-refractivity contribution in [3.05, 3.63) is 59.7 Å². The van der Waals surface area contributed by atoms with Crippen molar-refractivity contribution in [3.8, 4) is 0 Å². The number of benzene rings is 1.